The zero-order valence-electron chi connectivity index (χ0n) is 13.4. The third-order valence-electron chi connectivity index (χ3n) is 3.70. The van der Waals surface area contributed by atoms with E-state index in [9.17, 15) is 9.59 Å². The number of para-hydroxylation sites is 1. The molecule has 0 bridgehead atoms. The lowest BCUT2D eigenvalue weighted by molar-refractivity contribution is -0.146. The molecule has 4 N–H and O–H groups in total. The highest BCUT2D eigenvalue weighted by Gasteiger charge is 2.19. The number of H-pyrrole nitrogens is 1. The molecule has 1 atom stereocenters. The number of fused-ring (bicyclic) bond motifs is 1. The number of aromatic nitrogens is 2. The number of carbonyl (C=O) groups excluding carboxylic acids is 2. The van der Waals surface area contributed by atoms with Crippen LogP contribution in [-0.2, 0) is 20.9 Å². The predicted molar refractivity (Wildman–Crippen MR) is 93.6 cm³/mol. The van der Waals surface area contributed by atoms with E-state index in [1.54, 1.807) is 18.3 Å². The van der Waals surface area contributed by atoms with E-state index in [4.69, 9.17) is 10.5 Å². The molecular formula is C18H18N4O3. The van der Waals surface area contributed by atoms with Crippen LogP contribution in [0.15, 0.2) is 54.7 Å². The van der Waals surface area contributed by atoms with Crippen LogP contribution in [0.3, 0.4) is 0 Å². The Kier molecular flexibility index (Phi) is 5.06. The van der Waals surface area contributed by atoms with Crippen LogP contribution >= 0.6 is 0 Å². The molecule has 0 unspecified atom stereocenters. The Bertz CT molecular complexity index is 876. The van der Waals surface area contributed by atoms with Crippen molar-refractivity contribution in [2.24, 2.45) is 5.73 Å². The van der Waals surface area contributed by atoms with Crippen molar-refractivity contribution in [3.63, 3.8) is 0 Å². The molecule has 0 saturated heterocycles. The number of nitrogens with zero attached hydrogens (tertiary/aromatic N) is 1. The average Bonchev–Trinajstić information content (AvgIpc) is 3.10. The Hall–Kier alpha value is -3.19. The molecule has 0 aliphatic carbocycles. The number of nitrogens with two attached hydrogens (primary N) is 1. The number of amides is 1. The fourth-order valence-corrected chi connectivity index (χ4v) is 2.37. The third-order valence-corrected chi connectivity index (χ3v) is 3.70. The quantitative estimate of drug-likeness (QED) is 0.595. The number of ether oxygens (including phenoxy) is 1. The fraction of sp³-hybridized carbons (Fsp3) is 0.167. The van der Waals surface area contributed by atoms with E-state index in [-0.39, 0.29) is 13.0 Å². The van der Waals surface area contributed by atoms with Gasteiger partial charge in [0.1, 0.15) is 6.61 Å². The van der Waals surface area contributed by atoms with E-state index < -0.39 is 17.9 Å². The van der Waals surface area contributed by atoms with Gasteiger partial charge in [0.2, 0.25) is 5.91 Å². The second-order valence-electron chi connectivity index (χ2n) is 5.59. The Morgan fingerprint density at radius 3 is 2.76 bits per heavy atom. The number of nitrogens with one attached hydrogen (secondary N) is 2. The van der Waals surface area contributed by atoms with Gasteiger partial charge in [-0.15, -0.1) is 0 Å². The predicted octanol–water partition coefficient (Wildman–Crippen LogP) is 1.96. The lowest BCUT2D eigenvalue weighted by atomic mass is 10.2. The monoisotopic (exact) mass is 338 g/mol. The van der Waals surface area contributed by atoms with E-state index in [0.29, 0.717) is 11.2 Å². The Balaban J connectivity index is 1.53. The highest BCUT2D eigenvalue weighted by Crippen LogP contribution is 2.20. The summed E-state index contributed by atoms with van der Waals surface area (Å²) in [4.78, 5) is 24.1. The first-order valence-electron chi connectivity index (χ1n) is 7.81. The number of hydrogen-bond donors (Lipinski definition) is 3. The lowest BCUT2D eigenvalue weighted by Crippen LogP contribution is -2.37. The molecule has 3 aromatic rings. The second-order valence-corrected chi connectivity index (χ2v) is 5.59. The maximum Gasteiger partial charge on any atom is 0.308 e. The van der Waals surface area contributed by atoms with Crippen LogP contribution in [0.1, 0.15) is 12.0 Å². The molecule has 0 saturated carbocycles. The summed E-state index contributed by atoms with van der Waals surface area (Å²) in [5, 5.41) is 10.3. The summed E-state index contributed by atoms with van der Waals surface area (Å²) in [5.74, 6) is -0.981. The van der Waals surface area contributed by atoms with Gasteiger partial charge in [0, 0.05) is 5.39 Å². The zero-order chi connectivity index (χ0) is 17.6. The van der Waals surface area contributed by atoms with Crippen molar-refractivity contribution < 1.29 is 14.3 Å². The second kappa shape index (κ2) is 7.59. The summed E-state index contributed by atoms with van der Waals surface area (Å²) in [6, 6.07) is 13.7. The maximum absolute atomic E-state index is 12.2. The molecule has 0 spiro atoms. The smallest absolute Gasteiger partial charge is 0.308 e. The minimum Gasteiger partial charge on any atom is -0.461 e. The summed E-state index contributed by atoms with van der Waals surface area (Å²) in [5.41, 5.74) is 7.96. The maximum atomic E-state index is 12.2. The third kappa shape index (κ3) is 4.21. The van der Waals surface area contributed by atoms with E-state index in [1.807, 2.05) is 36.4 Å². The summed E-state index contributed by atoms with van der Waals surface area (Å²) in [6.07, 6.45) is 1.46. The van der Waals surface area contributed by atoms with Gasteiger partial charge in [-0.25, -0.2) is 0 Å². The van der Waals surface area contributed by atoms with Crippen LogP contribution < -0.4 is 11.1 Å². The minimum atomic E-state index is -0.999. The molecule has 0 aliphatic rings. The van der Waals surface area contributed by atoms with Gasteiger partial charge in [0.25, 0.3) is 0 Å². The Morgan fingerprint density at radius 2 is 1.96 bits per heavy atom. The van der Waals surface area contributed by atoms with Crippen molar-refractivity contribution in [2.75, 3.05) is 5.32 Å². The number of anilines is 1. The number of aromatic amines is 1. The first kappa shape index (κ1) is 16.7. The van der Waals surface area contributed by atoms with Crippen molar-refractivity contribution in [3.8, 4) is 0 Å². The van der Waals surface area contributed by atoms with Gasteiger partial charge >= 0.3 is 5.97 Å². The first-order valence-corrected chi connectivity index (χ1v) is 7.81. The van der Waals surface area contributed by atoms with Crippen LogP contribution in [0.5, 0.6) is 0 Å². The molecular weight excluding hydrogens is 320 g/mol. The average molecular weight is 338 g/mol. The number of esters is 1. The highest BCUT2D eigenvalue weighted by molar-refractivity contribution is 6.03. The molecule has 7 heteroatoms. The molecule has 128 valence electrons. The van der Waals surface area contributed by atoms with E-state index in [2.05, 4.69) is 15.5 Å². The molecule has 25 heavy (non-hydrogen) atoms. The largest absolute Gasteiger partial charge is 0.461 e. The van der Waals surface area contributed by atoms with E-state index in [0.717, 1.165) is 10.9 Å². The van der Waals surface area contributed by atoms with Crippen molar-refractivity contribution in [2.45, 2.75) is 19.1 Å². The SMILES string of the molecule is N[C@@H](CC(=O)OCc1ccccc1)C(=O)Nc1cccc2cn[nH]c12. The number of hydrogen-bond acceptors (Lipinski definition) is 5. The van der Waals surface area contributed by atoms with Gasteiger partial charge in [0.15, 0.2) is 0 Å². The summed E-state index contributed by atoms with van der Waals surface area (Å²) in [7, 11) is 0. The topological polar surface area (TPSA) is 110 Å². The van der Waals surface area contributed by atoms with Gasteiger partial charge in [0.05, 0.1) is 29.9 Å². The van der Waals surface area contributed by atoms with E-state index in [1.165, 1.54) is 0 Å². The van der Waals surface area contributed by atoms with E-state index >= 15 is 0 Å². The van der Waals surface area contributed by atoms with Gasteiger partial charge < -0.3 is 15.8 Å². The summed E-state index contributed by atoms with van der Waals surface area (Å²) in [6.45, 7) is 0.154. The summed E-state index contributed by atoms with van der Waals surface area (Å²) < 4.78 is 5.14. The van der Waals surface area contributed by atoms with Gasteiger partial charge in [-0.1, -0.05) is 42.5 Å². The molecule has 0 aliphatic heterocycles. The van der Waals surface area contributed by atoms with Gasteiger partial charge in [-0.3, -0.25) is 14.7 Å². The van der Waals surface area contributed by atoms with Crippen LogP contribution in [0, 0.1) is 0 Å². The van der Waals surface area contributed by atoms with Gasteiger partial charge in [-0.2, -0.15) is 5.10 Å². The zero-order valence-corrected chi connectivity index (χ0v) is 13.4. The Morgan fingerprint density at radius 1 is 1.16 bits per heavy atom. The molecule has 0 fully saturated rings. The van der Waals surface area contributed by atoms with Crippen LogP contribution in [0.4, 0.5) is 5.69 Å². The fourth-order valence-electron chi connectivity index (χ4n) is 2.37. The normalized spacial score (nSPS) is 11.9. The molecule has 7 nitrogen and oxygen atoms in total. The first-order chi connectivity index (χ1) is 12.1. The van der Waals surface area contributed by atoms with Crippen LogP contribution in [-0.4, -0.2) is 28.1 Å². The standard InChI is InChI=1S/C18H18N4O3/c19-14(9-16(23)25-11-12-5-2-1-3-6-12)18(24)21-15-8-4-7-13-10-20-22-17(13)15/h1-8,10,14H,9,11,19H2,(H,20,22)(H,21,24)/t14-/m0/s1. The molecule has 3 rings (SSSR count). The van der Waals surface area contributed by atoms with Crippen LogP contribution in [0.2, 0.25) is 0 Å². The van der Waals surface area contributed by atoms with Crippen molar-refractivity contribution in [1.29, 1.82) is 0 Å². The Labute approximate surface area is 144 Å². The molecule has 0 radical (unpaired) electrons. The number of rotatable bonds is 6. The molecule has 1 heterocycles. The van der Waals surface area contributed by atoms with Crippen molar-refractivity contribution in [3.05, 3.63) is 60.3 Å². The highest BCUT2D eigenvalue weighted by atomic mass is 16.5. The molecule has 1 aromatic heterocycles. The van der Waals surface area contributed by atoms with Crippen molar-refractivity contribution in [1.82, 2.24) is 10.2 Å². The van der Waals surface area contributed by atoms with Gasteiger partial charge in [-0.05, 0) is 11.6 Å². The lowest BCUT2D eigenvalue weighted by Gasteiger charge is -2.12. The van der Waals surface area contributed by atoms with Crippen LogP contribution in [0.25, 0.3) is 10.9 Å². The molecule has 1 amide bonds. The number of benzene rings is 2. The van der Waals surface area contributed by atoms with Crippen molar-refractivity contribution >= 4 is 28.5 Å². The minimum absolute atomic E-state index is 0.154. The number of carbonyl (C=O) groups is 2. The summed E-state index contributed by atoms with van der Waals surface area (Å²) >= 11 is 0. The molecule has 2 aromatic carbocycles.